The summed E-state index contributed by atoms with van der Waals surface area (Å²) < 4.78 is 0. The maximum absolute atomic E-state index is 9.94. The van der Waals surface area contributed by atoms with Crippen molar-refractivity contribution in [2.75, 3.05) is 39.3 Å². The molecule has 0 aromatic heterocycles. The van der Waals surface area contributed by atoms with Crippen LogP contribution in [0.1, 0.15) is 27.2 Å². The van der Waals surface area contributed by atoms with Crippen molar-refractivity contribution in [2.24, 2.45) is 0 Å². The van der Waals surface area contributed by atoms with Crippen LogP contribution in [0.4, 0.5) is 0 Å². The summed E-state index contributed by atoms with van der Waals surface area (Å²) in [5, 5.41) is 9.94. The predicted octanol–water partition coefficient (Wildman–Crippen LogP) is 0.785. The first-order chi connectivity index (χ1) is 6.57. The summed E-state index contributed by atoms with van der Waals surface area (Å²) in [6, 6.07) is 0. The number of likely N-dealkylation sites (N-methyl/N-ethyl adjacent to an activating group) is 1. The van der Waals surface area contributed by atoms with E-state index < -0.39 is 5.60 Å². The Morgan fingerprint density at radius 1 is 1.07 bits per heavy atom. The molecule has 1 N–H and O–H groups in total. The molecule has 0 amide bonds. The van der Waals surface area contributed by atoms with Crippen molar-refractivity contribution >= 4 is 0 Å². The first-order valence-corrected chi connectivity index (χ1v) is 5.74. The molecule has 1 heterocycles. The molecule has 0 saturated carbocycles. The highest BCUT2D eigenvalue weighted by Gasteiger charge is 2.24. The molecule has 1 unspecified atom stereocenters. The quantitative estimate of drug-likeness (QED) is 0.726. The first-order valence-electron chi connectivity index (χ1n) is 5.74. The van der Waals surface area contributed by atoms with Gasteiger partial charge in [0.05, 0.1) is 5.60 Å². The predicted molar refractivity (Wildman–Crippen MR) is 59.5 cm³/mol. The largest absolute Gasteiger partial charge is 0.389 e. The van der Waals surface area contributed by atoms with Gasteiger partial charge in [0.1, 0.15) is 0 Å². The van der Waals surface area contributed by atoms with E-state index >= 15 is 0 Å². The highest BCUT2D eigenvalue weighted by Crippen LogP contribution is 2.12. The van der Waals surface area contributed by atoms with Gasteiger partial charge in [-0.3, -0.25) is 4.90 Å². The zero-order valence-corrected chi connectivity index (χ0v) is 9.79. The minimum atomic E-state index is -0.506. The molecule has 3 nitrogen and oxygen atoms in total. The highest BCUT2D eigenvalue weighted by atomic mass is 16.3. The Morgan fingerprint density at radius 2 is 1.57 bits per heavy atom. The molecule has 0 bridgehead atoms. The molecule has 0 radical (unpaired) electrons. The zero-order chi connectivity index (χ0) is 10.6. The van der Waals surface area contributed by atoms with Gasteiger partial charge in [0.25, 0.3) is 0 Å². The Balaban J connectivity index is 2.28. The Kier molecular flexibility index (Phi) is 4.35. The molecule has 0 aromatic carbocycles. The molecule has 1 saturated heterocycles. The van der Waals surface area contributed by atoms with Crippen LogP contribution in [0.15, 0.2) is 0 Å². The first kappa shape index (κ1) is 12.0. The maximum Gasteiger partial charge on any atom is 0.0743 e. The molecular formula is C11H24N2O. The van der Waals surface area contributed by atoms with Crippen molar-refractivity contribution in [2.45, 2.75) is 32.8 Å². The van der Waals surface area contributed by atoms with Crippen molar-refractivity contribution in [3.05, 3.63) is 0 Å². The summed E-state index contributed by atoms with van der Waals surface area (Å²) >= 11 is 0. The van der Waals surface area contributed by atoms with Gasteiger partial charge in [0, 0.05) is 32.7 Å². The van der Waals surface area contributed by atoms with Crippen LogP contribution >= 0.6 is 0 Å². The number of hydrogen-bond donors (Lipinski definition) is 1. The number of hydrogen-bond acceptors (Lipinski definition) is 3. The molecule has 1 fully saturated rings. The Hall–Kier alpha value is -0.120. The SMILES string of the molecule is CCN1CCN(CC(C)(O)CC)CC1. The minimum absolute atomic E-state index is 0.506. The third kappa shape index (κ3) is 3.56. The van der Waals surface area contributed by atoms with Gasteiger partial charge in [-0.25, -0.2) is 0 Å². The van der Waals surface area contributed by atoms with Crippen LogP contribution in [-0.2, 0) is 0 Å². The van der Waals surface area contributed by atoms with Gasteiger partial charge in [0.2, 0.25) is 0 Å². The van der Waals surface area contributed by atoms with Gasteiger partial charge in [-0.05, 0) is 19.9 Å². The standard InChI is InChI=1S/C11H24N2O/c1-4-11(3,14)10-13-8-6-12(5-2)7-9-13/h14H,4-10H2,1-3H3. The van der Waals surface area contributed by atoms with Crippen molar-refractivity contribution < 1.29 is 5.11 Å². The summed E-state index contributed by atoms with van der Waals surface area (Å²) in [6.45, 7) is 12.7. The molecule has 1 atom stereocenters. The van der Waals surface area contributed by atoms with E-state index in [1.165, 1.54) is 0 Å². The molecule has 3 heteroatoms. The maximum atomic E-state index is 9.94. The normalized spacial score (nSPS) is 24.9. The van der Waals surface area contributed by atoms with E-state index in [2.05, 4.69) is 16.7 Å². The van der Waals surface area contributed by atoms with Crippen LogP contribution in [0.2, 0.25) is 0 Å². The molecule has 1 aliphatic rings. The fraction of sp³-hybridized carbons (Fsp3) is 1.00. The van der Waals surface area contributed by atoms with Gasteiger partial charge in [0.15, 0.2) is 0 Å². The number of nitrogens with zero attached hydrogens (tertiary/aromatic N) is 2. The molecule has 84 valence electrons. The Labute approximate surface area is 87.7 Å². The van der Waals surface area contributed by atoms with E-state index in [9.17, 15) is 5.11 Å². The van der Waals surface area contributed by atoms with Crippen LogP contribution in [0, 0.1) is 0 Å². The van der Waals surface area contributed by atoms with Gasteiger partial charge in [-0.1, -0.05) is 13.8 Å². The van der Waals surface area contributed by atoms with E-state index in [0.29, 0.717) is 0 Å². The number of rotatable bonds is 4. The van der Waals surface area contributed by atoms with E-state index in [4.69, 9.17) is 0 Å². The highest BCUT2D eigenvalue weighted by molar-refractivity contribution is 4.79. The van der Waals surface area contributed by atoms with Crippen molar-refractivity contribution in [1.29, 1.82) is 0 Å². The average molecular weight is 200 g/mol. The lowest BCUT2D eigenvalue weighted by atomic mass is 10.0. The topological polar surface area (TPSA) is 26.7 Å². The van der Waals surface area contributed by atoms with Gasteiger partial charge >= 0.3 is 0 Å². The molecular weight excluding hydrogens is 176 g/mol. The van der Waals surface area contributed by atoms with Crippen molar-refractivity contribution in [3.8, 4) is 0 Å². The lowest BCUT2D eigenvalue weighted by Gasteiger charge is -2.37. The van der Waals surface area contributed by atoms with Crippen LogP contribution in [0.5, 0.6) is 0 Å². The molecule has 0 aliphatic carbocycles. The van der Waals surface area contributed by atoms with Crippen molar-refractivity contribution in [1.82, 2.24) is 9.80 Å². The fourth-order valence-electron chi connectivity index (χ4n) is 1.86. The van der Waals surface area contributed by atoms with Gasteiger partial charge < -0.3 is 10.0 Å². The van der Waals surface area contributed by atoms with E-state index in [1.54, 1.807) is 0 Å². The van der Waals surface area contributed by atoms with Crippen LogP contribution in [0.25, 0.3) is 0 Å². The fourth-order valence-corrected chi connectivity index (χ4v) is 1.86. The summed E-state index contributed by atoms with van der Waals surface area (Å²) in [7, 11) is 0. The van der Waals surface area contributed by atoms with Crippen LogP contribution < -0.4 is 0 Å². The van der Waals surface area contributed by atoms with E-state index in [0.717, 1.165) is 45.7 Å². The lowest BCUT2D eigenvalue weighted by molar-refractivity contribution is 0.00204. The number of piperazine rings is 1. The lowest BCUT2D eigenvalue weighted by Crippen LogP contribution is -2.50. The summed E-state index contributed by atoms with van der Waals surface area (Å²) in [5.41, 5.74) is -0.506. The van der Waals surface area contributed by atoms with Crippen molar-refractivity contribution in [3.63, 3.8) is 0 Å². The molecule has 1 rings (SSSR count). The monoisotopic (exact) mass is 200 g/mol. The van der Waals surface area contributed by atoms with Gasteiger partial charge in [-0.15, -0.1) is 0 Å². The second kappa shape index (κ2) is 5.10. The minimum Gasteiger partial charge on any atom is -0.389 e. The van der Waals surface area contributed by atoms with E-state index in [-0.39, 0.29) is 0 Å². The Bertz CT molecular complexity index is 163. The average Bonchev–Trinajstić information content (AvgIpc) is 2.19. The molecule has 0 aromatic rings. The van der Waals surface area contributed by atoms with Crippen LogP contribution in [-0.4, -0.2) is 59.8 Å². The smallest absolute Gasteiger partial charge is 0.0743 e. The second-order valence-electron chi connectivity index (χ2n) is 4.56. The number of aliphatic hydroxyl groups is 1. The van der Waals surface area contributed by atoms with E-state index in [1.807, 2.05) is 13.8 Å². The van der Waals surface area contributed by atoms with Gasteiger partial charge in [-0.2, -0.15) is 0 Å². The third-order valence-electron chi connectivity index (χ3n) is 3.24. The molecule has 0 spiro atoms. The summed E-state index contributed by atoms with van der Waals surface area (Å²) in [5.74, 6) is 0. The second-order valence-corrected chi connectivity index (χ2v) is 4.56. The van der Waals surface area contributed by atoms with Crippen LogP contribution in [0.3, 0.4) is 0 Å². The number of β-amino-alcohol motifs (C(OH)–C–C–N with tert-alkyl or cyclic N) is 1. The Morgan fingerprint density at radius 3 is 2.00 bits per heavy atom. The molecule has 14 heavy (non-hydrogen) atoms. The molecule has 1 aliphatic heterocycles. The summed E-state index contributed by atoms with van der Waals surface area (Å²) in [4.78, 5) is 4.83. The third-order valence-corrected chi connectivity index (χ3v) is 3.24. The zero-order valence-electron chi connectivity index (χ0n) is 9.79. The summed E-state index contributed by atoms with van der Waals surface area (Å²) in [6.07, 6.45) is 0.834.